The lowest BCUT2D eigenvalue weighted by molar-refractivity contribution is -0.290. The summed E-state index contributed by atoms with van der Waals surface area (Å²) in [5, 5.41) is 65.4. The molecule has 1 saturated heterocycles. The van der Waals surface area contributed by atoms with Gasteiger partial charge in [-0.3, -0.25) is 4.79 Å². The minimum atomic E-state index is -1.54. The first kappa shape index (κ1) is 32.9. The molecule has 0 aromatic rings. The Balaban J connectivity index is 1.50. The van der Waals surface area contributed by atoms with Crippen LogP contribution in [0.3, 0.4) is 0 Å². The molecule has 1 heterocycles. The summed E-state index contributed by atoms with van der Waals surface area (Å²) in [4.78, 5) is 13.7. The third-order valence-electron chi connectivity index (χ3n) is 15.9. The van der Waals surface area contributed by atoms with Crippen LogP contribution in [-0.4, -0.2) is 79.8 Å². The highest BCUT2D eigenvalue weighted by molar-refractivity contribution is 5.77. The standard InChI is InChI=1S/C36H58O8/c1-18(2)19-10-15-36(31(42)43)21(30-29(41)28(40)27(39)22(17-37)44-30)16-35(7)20(26(19)36)8-9-24-33(5)13-12-25(38)32(3,4)23(33)11-14-34(24,35)6/h19-30,37-41H,1,8-17H2,2-7H3,(H,42,43)/t19-,20+,21?,22+,23-,24+,25-,26+,27+,28-,29+,30-,33-,34+,35+,36-/m0/s1. The van der Waals surface area contributed by atoms with Crippen LogP contribution in [0, 0.1) is 62.6 Å². The molecule has 6 fully saturated rings. The van der Waals surface area contributed by atoms with E-state index in [0.29, 0.717) is 31.1 Å². The van der Waals surface area contributed by atoms with Crippen LogP contribution in [0.15, 0.2) is 12.2 Å². The maximum Gasteiger partial charge on any atom is 0.310 e. The smallest absolute Gasteiger partial charge is 0.310 e. The Bertz CT molecular complexity index is 1170. The van der Waals surface area contributed by atoms with E-state index in [9.17, 15) is 35.4 Å². The van der Waals surface area contributed by atoms with Crippen LogP contribution in [0.2, 0.25) is 0 Å². The molecule has 1 aliphatic heterocycles. The first-order valence-electron chi connectivity index (χ1n) is 17.3. The van der Waals surface area contributed by atoms with Crippen molar-refractivity contribution in [2.24, 2.45) is 62.6 Å². The lowest BCUT2D eigenvalue weighted by Crippen LogP contribution is -2.71. The van der Waals surface area contributed by atoms with Gasteiger partial charge >= 0.3 is 5.97 Å². The first-order valence-corrected chi connectivity index (χ1v) is 17.3. The van der Waals surface area contributed by atoms with Gasteiger partial charge in [0.2, 0.25) is 0 Å². The third kappa shape index (κ3) is 4.00. The lowest BCUT2D eigenvalue weighted by atomic mass is 9.31. The van der Waals surface area contributed by atoms with Crippen molar-refractivity contribution in [1.82, 2.24) is 0 Å². The monoisotopic (exact) mass is 618 g/mol. The topological polar surface area (TPSA) is 148 Å². The van der Waals surface area contributed by atoms with Gasteiger partial charge in [0, 0.05) is 5.92 Å². The zero-order chi connectivity index (χ0) is 32.4. The van der Waals surface area contributed by atoms with E-state index in [1.165, 1.54) is 0 Å². The molecule has 0 aromatic carbocycles. The summed E-state index contributed by atoms with van der Waals surface area (Å²) in [6.07, 6.45) is 0.517. The maximum atomic E-state index is 13.7. The van der Waals surface area contributed by atoms with Gasteiger partial charge in [-0.25, -0.2) is 0 Å². The lowest BCUT2D eigenvalue weighted by Gasteiger charge is -2.73. The number of aliphatic hydroxyl groups excluding tert-OH is 5. The molecule has 5 saturated carbocycles. The fourth-order valence-corrected chi connectivity index (χ4v) is 13.6. The van der Waals surface area contributed by atoms with Crippen molar-refractivity contribution in [2.75, 3.05) is 6.61 Å². The number of carbonyl (C=O) groups is 1. The molecule has 16 atom stereocenters. The Kier molecular flexibility index (Phi) is 7.84. The molecule has 8 heteroatoms. The zero-order valence-corrected chi connectivity index (χ0v) is 27.7. The van der Waals surface area contributed by atoms with Gasteiger partial charge < -0.3 is 35.4 Å². The van der Waals surface area contributed by atoms with Gasteiger partial charge in [-0.1, -0.05) is 46.8 Å². The molecule has 0 bridgehead atoms. The van der Waals surface area contributed by atoms with Crippen LogP contribution >= 0.6 is 0 Å². The second-order valence-electron chi connectivity index (χ2n) is 17.5. The highest BCUT2D eigenvalue weighted by Gasteiger charge is 2.75. The van der Waals surface area contributed by atoms with Crippen molar-refractivity contribution in [1.29, 1.82) is 0 Å². The van der Waals surface area contributed by atoms with E-state index in [4.69, 9.17) is 4.74 Å². The normalized spacial score (nSPS) is 56.5. The van der Waals surface area contributed by atoms with E-state index in [1.807, 2.05) is 6.92 Å². The van der Waals surface area contributed by atoms with Gasteiger partial charge in [0.05, 0.1) is 24.2 Å². The van der Waals surface area contributed by atoms with Gasteiger partial charge in [-0.2, -0.15) is 0 Å². The Morgan fingerprint density at radius 3 is 2.11 bits per heavy atom. The minimum Gasteiger partial charge on any atom is -0.481 e. The van der Waals surface area contributed by atoms with Crippen molar-refractivity contribution in [2.45, 2.75) is 136 Å². The summed E-state index contributed by atoms with van der Waals surface area (Å²) in [7, 11) is 0. The number of hydrogen-bond acceptors (Lipinski definition) is 7. The minimum absolute atomic E-state index is 0.0268. The van der Waals surface area contributed by atoms with Gasteiger partial charge in [0.1, 0.15) is 24.4 Å². The average Bonchev–Trinajstić information content (AvgIpc) is 3.37. The molecule has 1 unspecified atom stereocenters. The fourth-order valence-electron chi connectivity index (χ4n) is 13.6. The highest BCUT2D eigenvalue weighted by atomic mass is 16.5. The molecule has 44 heavy (non-hydrogen) atoms. The summed E-state index contributed by atoms with van der Waals surface area (Å²) in [5.41, 5.74) is -0.697. The second-order valence-corrected chi connectivity index (χ2v) is 17.5. The third-order valence-corrected chi connectivity index (χ3v) is 15.9. The molecular formula is C36H58O8. The fraction of sp³-hybridized carbons (Fsp3) is 0.917. The van der Waals surface area contributed by atoms with Gasteiger partial charge in [0.15, 0.2) is 0 Å². The summed E-state index contributed by atoms with van der Waals surface area (Å²) in [6.45, 7) is 17.6. The number of allylic oxidation sites excluding steroid dienone is 1. The molecule has 8 nitrogen and oxygen atoms in total. The van der Waals surface area contributed by atoms with E-state index < -0.39 is 54.4 Å². The van der Waals surface area contributed by atoms with Crippen molar-refractivity contribution >= 4 is 5.97 Å². The Morgan fingerprint density at radius 1 is 0.818 bits per heavy atom. The number of rotatable bonds is 4. The van der Waals surface area contributed by atoms with E-state index in [-0.39, 0.29) is 45.5 Å². The number of carboxylic acid groups (broad SMARTS) is 1. The number of aliphatic hydroxyl groups is 5. The molecule has 6 aliphatic rings. The number of hydrogen-bond donors (Lipinski definition) is 6. The average molecular weight is 619 g/mol. The van der Waals surface area contributed by atoms with Gasteiger partial charge in [-0.05, 0) is 116 Å². The van der Waals surface area contributed by atoms with Crippen LogP contribution in [-0.2, 0) is 9.53 Å². The summed E-state index contributed by atoms with van der Waals surface area (Å²) in [5.74, 6) is -0.712. The molecule has 0 aromatic heterocycles. The molecule has 6 N–H and O–H groups in total. The van der Waals surface area contributed by atoms with E-state index in [1.54, 1.807) is 0 Å². The summed E-state index contributed by atoms with van der Waals surface area (Å²) in [6, 6.07) is 0. The van der Waals surface area contributed by atoms with E-state index in [2.05, 4.69) is 41.2 Å². The van der Waals surface area contributed by atoms with Crippen LogP contribution in [0.1, 0.15) is 99.3 Å². The van der Waals surface area contributed by atoms with E-state index >= 15 is 0 Å². The largest absolute Gasteiger partial charge is 0.481 e. The van der Waals surface area contributed by atoms with Crippen LogP contribution < -0.4 is 0 Å². The predicted molar refractivity (Wildman–Crippen MR) is 165 cm³/mol. The van der Waals surface area contributed by atoms with Crippen molar-refractivity contribution in [3.8, 4) is 0 Å². The molecule has 0 amide bonds. The zero-order valence-electron chi connectivity index (χ0n) is 27.7. The Morgan fingerprint density at radius 2 is 1.50 bits per heavy atom. The molecule has 250 valence electrons. The van der Waals surface area contributed by atoms with Crippen LogP contribution in [0.5, 0.6) is 0 Å². The molecule has 5 aliphatic carbocycles. The predicted octanol–water partition coefficient (Wildman–Crippen LogP) is 4.16. The molecule has 0 radical (unpaired) electrons. The van der Waals surface area contributed by atoms with Crippen molar-refractivity contribution < 1.29 is 40.2 Å². The first-order chi connectivity index (χ1) is 20.4. The Hall–Kier alpha value is -1.03. The van der Waals surface area contributed by atoms with Gasteiger partial charge in [0.25, 0.3) is 0 Å². The number of fused-ring (bicyclic) bond motifs is 7. The number of ether oxygens (including phenoxy) is 1. The SMILES string of the molecule is C=C(C)[C@@H]1CC[C@]2(C(=O)O)C([C@@H]3O[C@H](CO)[C@@H](O)[C@H](O)[C@H]3O)C[C@]3(C)[C@H](CC[C@@H]4[C@@]5(C)CC[C@H](O)C(C)(C)[C@@H]5CC[C@]43C)[C@@H]12. The number of carboxylic acids is 1. The quantitative estimate of drug-likeness (QED) is 0.258. The molecule has 0 spiro atoms. The van der Waals surface area contributed by atoms with Crippen LogP contribution in [0.25, 0.3) is 0 Å². The second kappa shape index (κ2) is 10.5. The number of aliphatic carboxylic acids is 1. The van der Waals surface area contributed by atoms with Crippen LogP contribution in [0.4, 0.5) is 0 Å². The molecule has 6 rings (SSSR count). The summed E-state index contributed by atoms with van der Waals surface area (Å²) < 4.78 is 6.26. The highest BCUT2D eigenvalue weighted by Crippen LogP contribution is 2.78. The molecular weight excluding hydrogens is 560 g/mol. The van der Waals surface area contributed by atoms with Crippen molar-refractivity contribution in [3.63, 3.8) is 0 Å². The maximum absolute atomic E-state index is 13.7. The Labute approximate surface area is 263 Å². The van der Waals surface area contributed by atoms with E-state index in [0.717, 1.165) is 44.1 Å². The summed E-state index contributed by atoms with van der Waals surface area (Å²) >= 11 is 0. The van der Waals surface area contributed by atoms with Gasteiger partial charge in [-0.15, -0.1) is 0 Å². The van der Waals surface area contributed by atoms with Crippen molar-refractivity contribution in [3.05, 3.63) is 12.2 Å².